The molecule has 0 saturated heterocycles. The molecule has 0 radical (unpaired) electrons. The third-order valence-corrected chi connectivity index (χ3v) is 2.76. The topological polar surface area (TPSA) is 66.7 Å². The number of aromatic amines is 1. The number of hydrogen-bond donors (Lipinski definition) is 3. The monoisotopic (exact) mass is 194 g/mol. The second-order valence-corrected chi connectivity index (χ2v) is 3.80. The van der Waals surface area contributed by atoms with E-state index in [-0.39, 0.29) is 0 Å². The molecule has 1 aliphatic carbocycles. The van der Waals surface area contributed by atoms with Gasteiger partial charge >= 0.3 is 0 Å². The summed E-state index contributed by atoms with van der Waals surface area (Å²) in [7, 11) is 0. The zero-order valence-corrected chi connectivity index (χ0v) is 8.47. The number of hydrogen-bond acceptors (Lipinski definition) is 3. The molecule has 0 amide bonds. The summed E-state index contributed by atoms with van der Waals surface area (Å²) in [4.78, 5) is 0. The van der Waals surface area contributed by atoms with Gasteiger partial charge in [0.25, 0.3) is 0 Å². The van der Waals surface area contributed by atoms with Crippen molar-refractivity contribution in [1.82, 2.24) is 15.5 Å². The van der Waals surface area contributed by atoms with E-state index in [4.69, 9.17) is 5.73 Å². The molecule has 1 heterocycles. The van der Waals surface area contributed by atoms with Gasteiger partial charge in [0.15, 0.2) is 0 Å². The van der Waals surface area contributed by atoms with E-state index in [1.807, 2.05) is 0 Å². The Labute approximate surface area is 84.3 Å². The summed E-state index contributed by atoms with van der Waals surface area (Å²) >= 11 is 0. The molecule has 0 bridgehead atoms. The first kappa shape index (κ1) is 9.68. The Morgan fingerprint density at radius 1 is 1.36 bits per heavy atom. The van der Waals surface area contributed by atoms with E-state index in [1.165, 1.54) is 42.6 Å². The van der Waals surface area contributed by atoms with Crippen LogP contribution in [0.1, 0.15) is 29.8 Å². The minimum absolute atomic E-state index is 0.687. The van der Waals surface area contributed by atoms with Crippen LogP contribution in [0.15, 0.2) is 0 Å². The second-order valence-electron chi connectivity index (χ2n) is 3.80. The highest BCUT2D eigenvalue weighted by molar-refractivity contribution is 5.27. The molecule has 4 N–H and O–H groups in total. The third kappa shape index (κ3) is 1.96. The normalized spacial score (nSPS) is 15.5. The number of nitrogens with one attached hydrogen (secondary N) is 2. The molecule has 0 atom stereocenters. The summed E-state index contributed by atoms with van der Waals surface area (Å²) in [5.41, 5.74) is 9.40. The maximum Gasteiger partial charge on any atom is 0.0794 e. The summed E-state index contributed by atoms with van der Waals surface area (Å²) in [6.45, 7) is 2.40. The van der Waals surface area contributed by atoms with Crippen LogP contribution in [0.4, 0.5) is 0 Å². The van der Waals surface area contributed by atoms with Crippen LogP contribution < -0.4 is 11.1 Å². The predicted octanol–water partition coefficient (Wildman–Crippen LogP) is 0.337. The molecule has 4 nitrogen and oxygen atoms in total. The maximum atomic E-state index is 5.42. The van der Waals surface area contributed by atoms with E-state index < -0.39 is 0 Å². The number of fused-ring (bicyclic) bond motifs is 1. The lowest BCUT2D eigenvalue weighted by Gasteiger charge is -2.11. The van der Waals surface area contributed by atoms with Gasteiger partial charge in [-0.15, -0.1) is 0 Å². The molecule has 14 heavy (non-hydrogen) atoms. The minimum atomic E-state index is 0.687. The van der Waals surface area contributed by atoms with Gasteiger partial charge in [0.1, 0.15) is 0 Å². The van der Waals surface area contributed by atoms with Crippen molar-refractivity contribution in [3.8, 4) is 0 Å². The molecule has 0 aromatic carbocycles. The number of aromatic nitrogens is 2. The quantitative estimate of drug-likeness (QED) is 0.605. The second kappa shape index (κ2) is 4.57. The van der Waals surface area contributed by atoms with Gasteiger partial charge in [-0.3, -0.25) is 5.10 Å². The van der Waals surface area contributed by atoms with E-state index in [9.17, 15) is 0 Å². The summed E-state index contributed by atoms with van der Waals surface area (Å²) in [5.74, 6) is 0. The van der Waals surface area contributed by atoms with Crippen LogP contribution in [0.5, 0.6) is 0 Å². The summed E-state index contributed by atoms with van der Waals surface area (Å²) < 4.78 is 0. The van der Waals surface area contributed by atoms with Gasteiger partial charge in [-0.2, -0.15) is 5.10 Å². The fraction of sp³-hybridized carbons (Fsp3) is 0.700. The molecule has 0 aliphatic heterocycles. The zero-order valence-electron chi connectivity index (χ0n) is 8.47. The highest BCUT2D eigenvalue weighted by Crippen LogP contribution is 2.21. The molecule has 1 aliphatic rings. The molecule has 78 valence electrons. The molecule has 0 fully saturated rings. The van der Waals surface area contributed by atoms with Crippen molar-refractivity contribution in [3.63, 3.8) is 0 Å². The standard InChI is InChI=1S/C10H18N4/c11-5-6-12-7-10-8-3-1-2-4-9(8)13-14-10/h12H,1-7,11H2,(H,13,14). The van der Waals surface area contributed by atoms with Crippen LogP contribution in [0, 0.1) is 0 Å². The average molecular weight is 194 g/mol. The minimum Gasteiger partial charge on any atom is -0.329 e. The van der Waals surface area contributed by atoms with Crippen LogP contribution in [0.25, 0.3) is 0 Å². The van der Waals surface area contributed by atoms with Crippen molar-refractivity contribution in [2.75, 3.05) is 13.1 Å². The van der Waals surface area contributed by atoms with Crippen molar-refractivity contribution in [3.05, 3.63) is 17.0 Å². The Morgan fingerprint density at radius 3 is 3.07 bits per heavy atom. The molecular weight excluding hydrogens is 176 g/mol. The fourth-order valence-corrected chi connectivity index (χ4v) is 2.00. The molecular formula is C10H18N4. The molecule has 0 spiro atoms. The first-order valence-corrected chi connectivity index (χ1v) is 5.37. The molecule has 0 unspecified atom stereocenters. The number of nitrogens with two attached hydrogens (primary N) is 1. The molecule has 4 heteroatoms. The summed E-state index contributed by atoms with van der Waals surface area (Å²) in [6, 6.07) is 0. The number of aryl methyl sites for hydroxylation is 1. The van der Waals surface area contributed by atoms with E-state index in [2.05, 4.69) is 15.5 Å². The van der Waals surface area contributed by atoms with E-state index in [0.717, 1.165) is 13.1 Å². The van der Waals surface area contributed by atoms with Crippen molar-refractivity contribution in [2.45, 2.75) is 32.2 Å². The van der Waals surface area contributed by atoms with Crippen molar-refractivity contribution in [2.24, 2.45) is 5.73 Å². The van der Waals surface area contributed by atoms with Crippen molar-refractivity contribution < 1.29 is 0 Å². The molecule has 2 rings (SSSR count). The Kier molecular flexibility index (Phi) is 3.16. The molecule has 1 aromatic rings. The number of rotatable bonds is 4. The van der Waals surface area contributed by atoms with E-state index in [0.29, 0.717) is 6.54 Å². The van der Waals surface area contributed by atoms with Gasteiger partial charge in [-0.1, -0.05) is 0 Å². The lowest BCUT2D eigenvalue weighted by molar-refractivity contribution is 0.655. The Balaban J connectivity index is 1.99. The Hall–Kier alpha value is -0.870. The van der Waals surface area contributed by atoms with Crippen molar-refractivity contribution >= 4 is 0 Å². The predicted molar refractivity (Wildman–Crippen MR) is 56.0 cm³/mol. The smallest absolute Gasteiger partial charge is 0.0794 e. The van der Waals surface area contributed by atoms with Gasteiger partial charge in [0.05, 0.1) is 5.69 Å². The number of H-pyrrole nitrogens is 1. The lowest BCUT2D eigenvalue weighted by atomic mass is 9.96. The van der Waals surface area contributed by atoms with Gasteiger partial charge in [-0.25, -0.2) is 0 Å². The van der Waals surface area contributed by atoms with Crippen LogP contribution in [0.3, 0.4) is 0 Å². The van der Waals surface area contributed by atoms with Crippen LogP contribution in [-0.2, 0) is 19.4 Å². The highest BCUT2D eigenvalue weighted by Gasteiger charge is 2.15. The van der Waals surface area contributed by atoms with Crippen LogP contribution >= 0.6 is 0 Å². The summed E-state index contributed by atoms with van der Waals surface area (Å²) in [6.07, 6.45) is 4.95. The third-order valence-electron chi connectivity index (χ3n) is 2.76. The maximum absolute atomic E-state index is 5.42. The summed E-state index contributed by atoms with van der Waals surface area (Å²) in [5, 5.41) is 10.8. The SMILES string of the molecule is NCCNCc1n[nH]c2c1CCCC2. The number of nitrogens with zero attached hydrogens (tertiary/aromatic N) is 1. The zero-order chi connectivity index (χ0) is 9.80. The first-order chi connectivity index (χ1) is 6.92. The molecule has 1 aromatic heterocycles. The van der Waals surface area contributed by atoms with Crippen molar-refractivity contribution in [1.29, 1.82) is 0 Å². The van der Waals surface area contributed by atoms with Crippen LogP contribution in [-0.4, -0.2) is 23.3 Å². The van der Waals surface area contributed by atoms with Gasteiger partial charge < -0.3 is 11.1 Å². The lowest BCUT2D eigenvalue weighted by Crippen LogP contribution is -2.22. The largest absolute Gasteiger partial charge is 0.329 e. The molecule has 0 saturated carbocycles. The fourth-order valence-electron chi connectivity index (χ4n) is 2.00. The van der Waals surface area contributed by atoms with Gasteiger partial charge in [0, 0.05) is 25.3 Å². The Bertz CT molecular complexity index is 292. The van der Waals surface area contributed by atoms with E-state index >= 15 is 0 Å². The van der Waals surface area contributed by atoms with Gasteiger partial charge in [-0.05, 0) is 31.2 Å². The average Bonchev–Trinajstić information content (AvgIpc) is 2.63. The van der Waals surface area contributed by atoms with E-state index in [1.54, 1.807) is 0 Å². The van der Waals surface area contributed by atoms with Gasteiger partial charge in [0.2, 0.25) is 0 Å². The highest BCUT2D eigenvalue weighted by atomic mass is 15.1. The first-order valence-electron chi connectivity index (χ1n) is 5.37. The Morgan fingerprint density at radius 2 is 2.21 bits per heavy atom. The van der Waals surface area contributed by atoms with Crippen LogP contribution in [0.2, 0.25) is 0 Å².